The van der Waals surface area contributed by atoms with Gasteiger partial charge in [-0.1, -0.05) is 18.2 Å². The second-order valence-corrected chi connectivity index (χ2v) is 11.0. The van der Waals surface area contributed by atoms with Crippen LogP contribution in [0.25, 0.3) is 22.0 Å². The summed E-state index contributed by atoms with van der Waals surface area (Å²) in [5.74, 6) is -5.71. The maximum absolute atomic E-state index is 15.1. The lowest BCUT2D eigenvalue weighted by Gasteiger charge is -2.34. The van der Waals surface area contributed by atoms with Gasteiger partial charge in [-0.05, 0) is 29.8 Å². The highest BCUT2D eigenvalue weighted by Gasteiger charge is 2.42. The van der Waals surface area contributed by atoms with Gasteiger partial charge in [0.2, 0.25) is 0 Å². The highest BCUT2D eigenvalue weighted by Crippen LogP contribution is 2.42. The summed E-state index contributed by atoms with van der Waals surface area (Å²) < 4.78 is 75.6. The average molecular weight is 557 g/mol. The van der Waals surface area contributed by atoms with Crippen LogP contribution in [0.5, 0.6) is 5.75 Å². The number of ether oxygens (including phenoxy) is 1. The van der Waals surface area contributed by atoms with E-state index in [9.17, 15) is 27.3 Å². The normalized spacial score (nSPS) is 22.1. The minimum atomic E-state index is -1.57. The summed E-state index contributed by atoms with van der Waals surface area (Å²) in [6.45, 7) is 0.378. The third-order valence-corrected chi connectivity index (χ3v) is 8.68. The average Bonchev–Trinajstić information content (AvgIpc) is 2.93. The predicted molar refractivity (Wildman–Crippen MR) is 136 cm³/mol. The Bertz CT molecular complexity index is 1680. The number of aliphatic hydroxyl groups is 1. The number of hydrogen-bond donors (Lipinski definition) is 2. The number of aliphatic hydroxyl groups excluding tert-OH is 1. The van der Waals surface area contributed by atoms with E-state index in [1.165, 1.54) is 6.07 Å². The van der Waals surface area contributed by atoms with Crippen LogP contribution in [0, 0.1) is 23.3 Å². The van der Waals surface area contributed by atoms with E-state index in [0.717, 1.165) is 17.8 Å². The Balaban J connectivity index is 1.51. The molecule has 200 valence electrons. The Hall–Kier alpha value is -3.83. The molecule has 2 aliphatic heterocycles. The van der Waals surface area contributed by atoms with Crippen LogP contribution in [0.1, 0.15) is 39.9 Å². The highest BCUT2D eigenvalue weighted by molar-refractivity contribution is 7.87. The molecule has 6 rings (SSSR count). The molecule has 1 saturated heterocycles. The molecule has 6 nitrogen and oxygen atoms in total. The summed E-state index contributed by atoms with van der Waals surface area (Å²) in [5.41, 5.74) is -1.56. The van der Waals surface area contributed by atoms with E-state index < -0.39 is 62.5 Å². The molecule has 1 aromatic heterocycles. The number of amides is 1. The zero-order valence-electron chi connectivity index (χ0n) is 20.1. The lowest BCUT2D eigenvalue weighted by molar-refractivity contribution is 0.0922. The quantitative estimate of drug-likeness (QED) is 0.277. The molecule has 1 fully saturated rings. The van der Waals surface area contributed by atoms with Gasteiger partial charge in [-0.25, -0.2) is 17.6 Å². The number of aromatic nitrogens is 1. The molecule has 1 amide bonds. The van der Waals surface area contributed by atoms with Gasteiger partial charge in [0, 0.05) is 52.4 Å². The molecule has 3 aromatic carbocycles. The van der Waals surface area contributed by atoms with Crippen molar-refractivity contribution < 1.29 is 36.4 Å². The van der Waals surface area contributed by atoms with Gasteiger partial charge in [-0.2, -0.15) is 0 Å². The molecule has 4 atom stereocenters. The van der Waals surface area contributed by atoms with Crippen molar-refractivity contribution in [3.8, 4) is 16.9 Å². The van der Waals surface area contributed by atoms with Crippen LogP contribution in [0.4, 0.5) is 17.6 Å². The van der Waals surface area contributed by atoms with Crippen molar-refractivity contribution >= 4 is 27.6 Å². The molecule has 11 heteroatoms. The maximum atomic E-state index is 15.1. The van der Waals surface area contributed by atoms with Gasteiger partial charge in [-0.3, -0.25) is 14.0 Å². The molecule has 4 aromatic rings. The first-order valence-corrected chi connectivity index (χ1v) is 13.5. The van der Waals surface area contributed by atoms with Crippen molar-refractivity contribution in [2.45, 2.75) is 23.8 Å². The molecule has 0 bridgehead atoms. The van der Waals surface area contributed by atoms with Crippen molar-refractivity contribution in [1.82, 2.24) is 10.3 Å². The van der Waals surface area contributed by atoms with Crippen LogP contribution < -0.4 is 10.1 Å². The summed E-state index contributed by atoms with van der Waals surface area (Å²) in [5, 5.41) is 13.6. The summed E-state index contributed by atoms with van der Waals surface area (Å²) in [4.78, 5) is 17.8. The number of carbonyl (C=O) groups is 1. The van der Waals surface area contributed by atoms with Crippen LogP contribution in [0.2, 0.25) is 0 Å². The first-order chi connectivity index (χ1) is 18.7. The summed E-state index contributed by atoms with van der Waals surface area (Å²) >= 11 is 0. The van der Waals surface area contributed by atoms with Crippen molar-refractivity contribution in [1.29, 1.82) is 0 Å². The van der Waals surface area contributed by atoms with Gasteiger partial charge < -0.3 is 15.2 Å². The summed E-state index contributed by atoms with van der Waals surface area (Å²) in [6.07, 6.45) is 1.65. The van der Waals surface area contributed by atoms with Gasteiger partial charge in [0.25, 0.3) is 5.91 Å². The molecule has 39 heavy (non-hydrogen) atoms. The standard InChI is InChI=1S/C28H20F4N2O4S/c29-13-9-16(25(32)20(31)10-13)24-19(30)6-5-15-23(18-12-39(37)28(18)36)17(11-33-26(15)24)27(35)34-21-7-8-38-22-4-2-1-3-14(21)22/h1-6,9-11,18,21,28,36H,7-8,12H2,(H,34,35)/t18?,21-,28?,39?/m0/s1. The molecule has 3 heterocycles. The van der Waals surface area contributed by atoms with Crippen molar-refractivity contribution in [3.63, 3.8) is 0 Å². The monoisotopic (exact) mass is 556 g/mol. The Morgan fingerprint density at radius 1 is 1.08 bits per heavy atom. The predicted octanol–water partition coefficient (Wildman–Crippen LogP) is 4.88. The number of nitrogens with zero attached hydrogens (tertiary/aromatic N) is 1. The largest absolute Gasteiger partial charge is 0.493 e. The topological polar surface area (TPSA) is 88.5 Å². The molecular formula is C28H20F4N2O4S. The third-order valence-electron chi connectivity index (χ3n) is 7.13. The molecule has 0 aliphatic carbocycles. The van der Waals surface area contributed by atoms with E-state index in [2.05, 4.69) is 10.3 Å². The van der Waals surface area contributed by atoms with Gasteiger partial charge >= 0.3 is 0 Å². The summed E-state index contributed by atoms with van der Waals surface area (Å²) in [6, 6.07) is 10.2. The van der Waals surface area contributed by atoms with Crippen molar-refractivity contribution in [3.05, 3.63) is 94.7 Å². The van der Waals surface area contributed by atoms with Crippen molar-refractivity contribution in [2.75, 3.05) is 12.4 Å². The lowest BCUT2D eigenvalue weighted by Crippen LogP contribution is -2.42. The first-order valence-electron chi connectivity index (χ1n) is 12.1. The molecule has 2 N–H and O–H groups in total. The zero-order valence-corrected chi connectivity index (χ0v) is 20.9. The van der Waals surface area contributed by atoms with E-state index in [1.54, 1.807) is 6.07 Å². The number of fused-ring (bicyclic) bond motifs is 2. The van der Waals surface area contributed by atoms with E-state index in [4.69, 9.17) is 4.74 Å². The van der Waals surface area contributed by atoms with Crippen LogP contribution in [0.15, 0.2) is 54.7 Å². The number of benzene rings is 3. The van der Waals surface area contributed by atoms with Gasteiger partial charge in [0.15, 0.2) is 11.6 Å². The second-order valence-electron chi connectivity index (χ2n) is 9.40. The minimum absolute atomic E-state index is 0.0241. The number of nitrogens with one attached hydrogen (secondary N) is 1. The van der Waals surface area contributed by atoms with Gasteiger partial charge in [0.05, 0.1) is 34.5 Å². The zero-order chi connectivity index (χ0) is 27.4. The van der Waals surface area contributed by atoms with Crippen LogP contribution >= 0.6 is 0 Å². The van der Waals surface area contributed by atoms with Gasteiger partial charge in [-0.15, -0.1) is 0 Å². The fourth-order valence-electron chi connectivity index (χ4n) is 5.21. The number of carbonyl (C=O) groups excluding carboxylic acids is 1. The first kappa shape index (κ1) is 25.4. The van der Waals surface area contributed by atoms with Crippen molar-refractivity contribution in [2.24, 2.45) is 0 Å². The van der Waals surface area contributed by atoms with E-state index in [1.807, 2.05) is 18.2 Å². The molecule has 0 radical (unpaired) electrons. The van der Waals surface area contributed by atoms with E-state index in [-0.39, 0.29) is 33.8 Å². The van der Waals surface area contributed by atoms with Crippen LogP contribution in [-0.2, 0) is 10.8 Å². The highest BCUT2D eigenvalue weighted by atomic mass is 32.2. The lowest BCUT2D eigenvalue weighted by atomic mass is 9.89. The molecule has 3 unspecified atom stereocenters. The Morgan fingerprint density at radius 3 is 2.64 bits per heavy atom. The SMILES string of the molecule is O=C(N[C@H]1CCOc2ccccc21)c1cnc2c(-c3cc(F)cc(F)c3F)c(F)ccc2c1C1CS(=O)C1O. The Labute approximate surface area is 222 Å². The minimum Gasteiger partial charge on any atom is -0.493 e. The fraction of sp³-hybridized carbons (Fsp3) is 0.214. The fourth-order valence-corrected chi connectivity index (χ4v) is 6.35. The Kier molecular flexibility index (Phi) is 6.35. The number of para-hydroxylation sites is 1. The molecule has 0 saturated carbocycles. The molecule has 2 aliphatic rings. The molecule has 0 spiro atoms. The number of pyridine rings is 1. The maximum Gasteiger partial charge on any atom is 0.253 e. The second kappa shape index (κ2) is 9.73. The van der Waals surface area contributed by atoms with E-state index in [0.29, 0.717) is 30.9 Å². The number of hydrogen-bond acceptors (Lipinski definition) is 5. The van der Waals surface area contributed by atoms with E-state index >= 15 is 4.39 Å². The van der Waals surface area contributed by atoms with Gasteiger partial charge in [0.1, 0.15) is 22.8 Å². The number of rotatable bonds is 4. The summed E-state index contributed by atoms with van der Waals surface area (Å²) in [7, 11) is -1.57. The smallest absolute Gasteiger partial charge is 0.253 e. The van der Waals surface area contributed by atoms with Crippen LogP contribution in [-0.4, -0.2) is 38.0 Å². The molecular weight excluding hydrogens is 536 g/mol. The third kappa shape index (κ3) is 4.25. The Morgan fingerprint density at radius 2 is 1.87 bits per heavy atom. The number of halogens is 4. The van der Waals surface area contributed by atoms with Crippen LogP contribution in [0.3, 0.4) is 0 Å².